The average Bonchev–Trinajstić information content (AvgIpc) is 3.49. The van der Waals surface area contributed by atoms with Crippen molar-refractivity contribution in [2.75, 3.05) is 12.0 Å². The number of anilines is 1. The molecule has 1 aliphatic heterocycles. The van der Waals surface area contributed by atoms with Crippen molar-refractivity contribution in [2.24, 2.45) is 5.92 Å². The molecule has 0 atom stereocenters. The van der Waals surface area contributed by atoms with Gasteiger partial charge in [0.2, 0.25) is 5.91 Å². The van der Waals surface area contributed by atoms with Gasteiger partial charge in [-0.1, -0.05) is 40.2 Å². The standard InChI is InChI=1S/C23H24BrNO3/c1-23(2)12-11-15-7-10-17(20(27-3)21(15)28-23)14-25(22(26)16-8-9-16)19-6-4-5-18(24)13-19/h4-7,10-13,16H,8-9,14H2,1-3H3. The van der Waals surface area contributed by atoms with E-state index < -0.39 is 5.60 Å². The van der Waals surface area contributed by atoms with E-state index in [1.807, 2.05) is 61.2 Å². The minimum Gasteiger partial charge on any atom is -0.492 e. The van der Waals surface area contributed by atoms with E-state index in [1.165, 1.54) is 0 Å². The average molecular weight is 442 g/mol. The maximum absolute atomic E-state index is 13.0. The van der Waals surface area contributed by atoms with Crippen LogP contribution in [0.4, 0.5) is 5.69 Å². The lowest BCUT2D eigenvalue weighted by Gasteiger charge is -2.31. The van der Waals surface area contributed by atoms with Crippen molar-refractivity contribution < 1.29 is 14.3 Å². The Kier molecular flexibility index (Phi) is 4.96. The second-order valence-electron chi connectivity index (χ2n) is 7.89. The van der Waals surface area contributed by atoms with Gasteiger partial charge in [0, 0.05) is 27.2 Å². The molecule has 4 nitrogen and oxygen atoms in total. The van der Waals surface area contributed by atoms with Crippen LogP contribution >= 0.6 is 15.9 Å². The molecular weight excluding hydrogens is 418 g/mol. The molecule has 0 spiro atoms. The van der Waals surface area contributed by atoms with E-state index in [9.17, 15) is 4.79 Å². The molecule has 1 heterocycles. The summed E-state index contributed by atoms with van der Waals surface area (Å²) in [7, 11) is 1.65. The van der Waals surface area contributed by atoms with E-state index in [0.29, 0.717) is 12.3 Å². The highest BCUT2D eigenvalue weighted by Gasteiger charge is 2.35. The summed E-state index contributed by atoms with van der Waals surface area (Å²) < 4.78 is 12.9. The highest BCUT2D eigenvalue weighted by atomic mass is 79.9. The Labute approximate surface area is 174 Å². The van der Waals surface area contributed by atoms with Crippen molar-refractivity contribution in [3.8, 4) is 11.5 Å². The van der Waals surface area contributed by atoms with Crippen LogP contribution in [0.3, 0.4) is 0 Å². The molecule has 1 saturated carbocycles. The summed E-state index contributed by atoms with van der Waals surface area (Å²) in [4.78, 5) is 14.9. The van der Waals surface area contributed by atoms with Crippen LogP contribution in [-0.2, 0) is 11.3 Å². The number of carbonyl (C=O) groups excluding carboxylic acids is 1. The summed E-state index contributed by atoms with van der Waals surface area (Å²) in [5.41, 5.74) is 2.41. The Hall–Kier alpha value is -2.27. The van der Waals surface area contributed by atoms with Crippen LogP contribution in [0.2, 0.25) is 0 Å². The number of benzene rings is 2. The first kappa shape index (κ1) is 19.1. The molecule has 0 saturated heterocycles. The van der Waals surface area contributed by atoms with Crippen LogP contribution < -0.4 is 14.4 Å². The maximum Gasteiger partial charge on any atom is 0.230 e. The van der Waals surface area contributed by atoms with Crippen molar-refractivity contribution in [1.82, 2.24) is 0 Å². The molecule has 2 aromatic rings. The largest absolute Gasteiger partial charge is 0.492 e. The number of ether oxygens (including phenoxy) is 2. The predicted molar refractivity (Wildman–Crippen MR) is 115 cm³/mol. The van der Waals surface area contributed by atoms with Crippen LogP contribution in [0.1, 0.15) is 37.8 Å². The normalized spacial score (nSPS) is 16.9. The van der Waals surface area contributed by atoms with Gasteiger partial charge in [0.05, 0.1) is 13.7 Å². The van der Waals surface area contributed by atoms with Gasteiger partial charge in [-0.25, -0.2) is 0 Å². The van der Waals surface area contributed by atoms with Crippen LogP contribution in [0.15, 0.2) is 46.9 Å². The van der Waals surface area contributed by atoms with Crippen molar-refractivity contribution in [1.29, 1.82) is 0 Å². The number of rotatable bonds is 5. The van der Waals surface area contributed by atoms with Gasteiger partial charge in [-0.2, -0.15) is 0 Å². The SMILES string of the molecule is COc1c(CN(C(=O)C2CC2)c2cccc(Br)c2)ccc2c1OC(C)(C)C=C2. The number of nitrogens with zero attached hydrogens (tertiary/aromatic N) is 1. The van der Waals surface area contributed by atoms with Gasteiger partial charge in [-0.15, -0.1) is 0 Å². The van der Waals surface area contributed by atoms with E-state index in [0.717, 1.165) is 39.9 Å². The molecule has 0 bridgehead atoms. The van der Waals surface area contributed by atoms with E-state index in [2.05, 4.69) is 22.0 Å². The number of amides is 1. The summed E-state index contributed by atoms with van der Waals surface area (Å²) in [6, 6.07) is 11.9. The second kappa shape index (κ2) is 7.28. The molecule has 1 fully saturated rings. The number of hydrogen-bond donors (Lipinski definition) is 0. The minimum absolute atomic E-state index is 0.126. The molecule has 5 heteroatoms. The zero-order chi connectivity index (χ0) is 19.9. The maximum atomic E-state index is 13.0. The van der Waals surface area contributed by atoms with Crippen molar-refractivity contribution in [3.63, 3.8) is 0 Å². The van der Waals surface area contributed by atoms with Gasteiger partial charge < -0.3 is 14.4 Å². The number of carbonyl (C=O) groups is 1. The lowest BCUT2D eigenvalue weighted by atomic mass is 10.00. The van der Waals surface area contributed by atoms with Gasteiger partial charge in [0.1, 0.15) is 5.60 Å². The monoisotopic (exact) mass is 441 g/mol. The molecule has 146 valence electrons. The molecule has 0 aromatic heterocycles. The number of methoxy groups -OCH3 is 1. The van der Waals surface area contributed by atoms with Gasteiger partial charge in [-0.3, -0.25) is 4.79 Å². The first-order valence-corrected chi connectivity index (χ1v) is 10.3. The lowest BCUT2D eigenvalue weighted by Crippen LogP contribution is -2.32. The van der Waals surface area contributed by atoms with Crippen LogP contribution in [-0.4, -0.2) is 18.6 Å². The fraction of sp³-hybridized carbons (Fsp3) is 0.348. The second-order valence-corrected chi connectivity index (χ2v) is 8.81. The first-order valence-electron chi connectivity index (χ1n) is 9.53. The van der Waals surface area contributed by atoms with Gasteiger partial charge in [0.15, 0.2) is 11.5 Å². The zero-order valence-electron chi connectivity index (χ0n) is 16.4. The van der Waals surface area contributed by atoms with E-state index >= 15 is 0 Å². The summed E-state index contributed by atoms with van der Waals surface area (Å²) in [6.07, 6.45) is 6.03. The van der Waals surface area contributed by atoms with Gasteiger partial charge >= 0.3 is 0 Å². The molecule has 1 amide bonds. The number of hydrogen-bond acceptors (Lipinski definition) is 3. The van der Waals surface area contributed by atoms with Crippen molar-refractivity contribution >= 4 is 33.6 Å². The zero-order valence-corrected chi connectivity index (χ0v) is 18.0. The highest BCUT2D eigenvalue weighted by Crippen LogP contribution is 2.42. The van der Waals surface area contributed by atoms with Crippen molar-refractivity contribution in [3.05, 3.63) is 58.1 Å². The Morgan fingerprint density at radius 1 is 1.29 bits per heavy atom. The van der Waals surface area contributed by atoms with Gasteiger partial charge in [-0.05, 0) is 51.0 Å². The van der Waals surface area contributed by atoms with Gasteiger partial charge in [0.25, 0.3) is 0 Å². The highest BCUT2D eigenvalue weighted by molar-refractivity contribution is 9.10. The molecule has 0 unspecified atom stereocenters. The third-order valence-corrected chi connectivity index (χ3v) is 5.59. The molecule has 0 N–H and O–H groups in total. The van der Waals surface area contributed by atoms with E-state index in [4.69, 9.17) is 9.47 Å². The number of fused-ring (bicyclic) bond motifs is 1. The summed E-state index contributed by atoms with van der Waals surface area (Å²) in [5, 5.41) is 0. The lowest BCUT2D eigenvalue weighted by molar-refractivity contribution is -0.119. The topological polar surface area (TPSA) is 38.8 Å². The fourth-order valence-electron chi connectivity index (χ4n) is 3.45. The summed E-state index contributed by atoms with van der Waals surface area (Å²) in [5.74, 6) is 1.72. The smallest absolute Gasteiger partial charge is 0.230 e. The Bertz CT molecular complexity index is 947. The van der Waals surface area contributed by atoms with E-state index in [1.54, 1.807) is 7.11 Å². The Morgan fingerprint density at radius 3 is 2.75 bits per heavy atom. The van der Waals surface area contributed by atoms with Crippen LogP contribution in [0.5, 0.6) is 11.5 Å². The van der Waals surface area contributed by atoms with Crippen molar-refractivity contribution in [2.45, 2.75) is 38.8 Å². The predicted octanol–water partition coefficient (Wildman–Crippen LogP) is 5.59. The summed E-state index contributed by atoms with van der Waals surface area (Å²) in [6.45, 7) is 4.47. The molecule has 28 heavy (non-hydrogen) atoms. The number of halogens is 1. The molecular formula is C23H24BrNO3. The Morgan fingerprint density at radius 2 is 2.07 bits per heavy atom. The van der Waals surface area contributed by atoms with Crippen LogP contribution in [0, 0.1) is 5.92 Å². The van der Waals surface area contributed by atoms with E-state index in [-0.39, 0.29) is 11.8 Å². The molecule has 2 aromatic carbocycles. The quantitative estimate of drug-likeness (QED) is 0.607. The molecule has 1 aliphatic carbocycles. The molecule has 0 radical (unpaired) electrons. The Balaban J connectivity index is 1.73. The minimum atomic E-state index is -0.396. The van der Waals surface area contributed by atoms with Crippen LogP contribution in [0.25, 0.3) is 6.08 Å². The fourth-order valence-corrected chi connectivity index (χ4v) is 3.84. The summed E-state index contributed by atoms with van der Waals surface area (Å²) >= 11 is 3.52. The molecule has 2 aliphatic rings. The third-order valence-electron chi connectivity index (χ3n) is 5.10. The molecule has 4 rings (SSSR count). The first-order chi connectivity index (χ1) is 13.4. The third kappa shape index (κ3) is 3.81.